The van der Waals surface area contributed by atoms with Gasteiger partial charge in [0.25, 0.3) is 5.91 Å². The molecule has 134 valence electrons. The summed E-state index contributed by atoms with van der Waals surface area (Å²) in [6.07, 6.45) is 6.04. The van der Waals surface area contributed by atoms with Crippen LogP contribution in [0, 0.1) is 0 Å². The van der Waals surface area contributed by atoms with Gasteiger partial charge in [-0.05, 0) is 37.0 Å². The van der Waals surface area contributed by atoms with E-state index in [1.165, 1.54) is 0 Å². The van der Waals surface area contributed by atoms with E-state index in [0.29, 0.717) is 17.3 Å². The molecule has 1 heterocycles. The van der Waals surface area contributed by atoms with Gasteiger partial charge < -0.3 is 10.2 Å². The van der Waals surface area contributed by atoms with Gasteiger partial charge in [0.2, 0.25) is 0 Å². The van der Waals surface area contributed by atoms with Crippen LogP contribution in [0.4, 0.5) is 5.82 Å². The maximum atomic E-state index is 12.2. The minimum atomic E-state index is -0.210. The lowest BCUT2D eigenvalue weighted by Gasteiger charge is -2.22. The van der Waals surface area contributed by atoms with Crippen molar-refractivity contribution in [1.82, 2.24) is 15.3 Å². The van der Waals surface area contributed by atoms with Gasteiger partial charge in [0.05, 0.1) is 12.4 Å². The molecule has 25 heavy (non-hydrogen) atoms. The molecule has 0 fully saturated rings. The molecular formula is C19H25ClN4O. The molecule has 0 radical (unpaired) electrons. The summed E-state index contributed by atoms with van der Waals surface area (Å²) >= 11 is 5.96. The van der Waals surface area contributed by atoms with Crippen LogP contribution < -0.4 is 10.2 Å². The maximum absolute atomic E-state index is 12.2. The Balaban J connectivity index is 1.89. The molecule has 0 saturated carbocycles. The second-order valence-electron chi connectivity index (χ2n) is 5.88. The Morgan fingerprint density at radius 1 is 1.16 bits per heavy atom. The van der Waals surface area contributed by atoms with Crippen LogP contribution in [0.15, 0.2) is 36.7 Å². The van der Waals surface area contributed by atoms with Crippen LogP contribution in [0.5, 0.6) is 0 Å². The summed E-state index contributed by atoms with van der Waals surface area (Å²) in [4.78, 5) is 23.0. The Kier molecular flexibility index (Phi) is 7.67. The molecule has 0 aliphatic rings. The van der Waals surface area contributed by atoms with E-state index in [1.807, 2.05) is 24.3 Å². The highest BCUT2D eigenvalue weighted by atomic mass is 35.5. The molecule has 0 unspecified atom stereocenters. The number of benzene rings is 1. The summed E-state index contributed by atoms with van der Waals surface area (Å²) in [6.45, 7) is 6.68. The van der Waals surface area contributed by atoms with Crippen LogP contribution in [-0.2, 0) is 6.42 Å². The number of nitrogens with one attached hydrogen (secondary N) is 1. The second kappa shape index (κ2) is 9.99. The zero-order valence-electron chi connectivity index (χ0n) is 14.8. The fourth-order valence-electron chi connectivity index (χ4n) is 2.59. The average Bonchev–Trinajstić information content (AvgIpc) is 2.62. The summed E-state index contributed by atoms with van der Waals surface area (Å²) in [6, 6.07) is 7.63. The van der Waals surface area contributed by atoms with Crippen LogP contribution in [0.2, 0.25) is 5.02 Å². The third-order valence-electron chi connectivity index (χ3n) is 3.77. The molecule has 0 aliphatic carbocycles. The topological polar surface area (TPSA) is 58.1 Å². The van der Waals surface area contributed by atoms with Gasteiger partial charge in [-0.15, -0.1) is 0 Å². The molecule has 0 aliphatic heterocycles. The smallest absolute Gasteiger partial charge is 0.271 e. The van der Waals surface area contributed by atoms with Crippen molar-refractivity contribution in [2.24, 2.45) is 0 Å². The predicted octanol–water partition coefficient (Wildman–Crippen LogP) is 3.73. The van der Waals surface area contributed by atoms with E-state index in [-0.39, 0.29) is 5.91 Å². The number of anilines is 1. The van der Waals surface area contributed by atoms with Crippen molar-refractivity contribution in [2.75, 3.05) is 24.5 Å². The molecule has 0 saturated heterocycles. The quantitative estimate of drug-likeness (QED) is 0.740. The maximum Gasteiger partial charge on any atom is 0.271 e. The van der Waals surface area contributed by atoms with E-state index in [0.717, 1.165) is 43.7 Å². The van der Waals surface area contributed by atoms with E-state index in [1.54, 1.807) is 12.4 Å². The third kappa shape index (κ3) is 6.02. The van der Waals surface area contributed by atoms with Gasteiger partial charge >= 0.3 is 0 Å². The molecule has 0 spiro atoms. The number of aromatic nitrogens is 2. The molecule has 1 aromatic carbocycles. The number of carbonyl (C=O) groups excluding carboxylic acids is 1. The van der Waals surface area contributed by atoms with Crippen molar-refractivity contribution in [1.29, 1.82) is 0 Å². The summed E-state index contributed by atoms with van der Waals surface area (Å²) in [7, 11) is 0. The van der Waals surface area contributed by atoms with Gasteiger partial charge in [-0.2, -0.15) is 0 Å². The third-order valence-corrected chi connectivity index (χ3v) is 4.01. The number of carbonyl (C=O) groups is 1. The molecule has 1 amide bonds. The van der Waals surface area contributed by atoms with Crippen molar-refractivity contribution in [3.63, 3.8) is 0 Å². The van der Waals surface area contributed by atoms with Gasteiger partial charge in [0.15, 0.2) is 0 Å². The highest BCUT2D eigenvalue weighted by Crippen LogP contribution is 2.12. The van der Waals surface area contributed by atoms with E-state index in [9.17, 15) is 4.79 Å². The number of nitrogens with zero attached hydrogens (tertiary/aromatic N) is 3. The minimum Gasteiger partial charge on any atom is -0.355 e. The first kappa shape index (κ1) is 19.2. The number of amides is 1. The lowest BCUT2D eigenvalue weighted by Crippen LogP contribution is -2.28. The van der Waals surface area contributed by atoms with E-state index in [2.05, 4.69) is 34.0 Å². The largest absolute Gasteiger partial charge is 0.355 e. The van der Waals surface area contributed by atoms with E-state index < -0.39 is 0 Å². The first-order valence-corrected chi connectivity index (χ1v) is 9.11. The zero-order valence-corrected chi connectivity index (χ0v) is 15.6. The normalized spacial score (nSPS) is 10.5. The molecule has 1 aromatic heterocycles. The standard InChI is InChI=1S/C19H25ClN4O/c1-3-10-24(11-4-2)18-14-22-17(13-23-18)19(25)21-9-8-15-6-5-7-16(20)12-15/h5-7,12-14H,3-4,8-11H2,1-2H3,(H,21,25). The highest BCUT2D eigenvalue weighted by molar-refractivity contribution is 6.30. The average molecular weight is 361 g/mol. The SMILES string of the molecule is CCCN(CCC)c1cnc(C(=O)NCCc2cccc(Cl)c2)cn1. The van der Waals surface area contributed by atoms with Crippen LogP contribution >= 0.6 is 11.6 Å². The number of rotatable bonds is 9. The molecule has 0 atom stereocenters. The Bertz CT molecular complexity index is 669. The van der Waals surface area contributed by atoms with Gasteiger partial charge in [-0.25, -0.2) is 9.97 Å². The lowest BCUT2D eigenvalue weighted by atomic mass is 10.1. The minimum absolute atomic E-state index is 0.210. The monoisotopic (exact) mass is 360 g/mol. The number of hydrogen-bond acceptors (Lipinski definition) is 4. The van der Waals surface area contributed by atoms with Gasteiger partial charge in [0, 0.05) is 24.7 Å². The van der Waals surface area contributed by atoms with Gasteiger partial charge in [-0.1, -0.05) is 37.6 Å². The Morgan fingerprint density at radius 3 is 2.52 bits per heavy atom. The zero-order chi connectivity index (χ0) is 18.1. The number of halogens is 1. The van der Waals surface area contributed by atoms with Crippen molar-refractivity contribution in [2.45, 2.75) is 33.1 Å². The van der Waals surface area contributed by atoms with Crippen molar-refractivity contribution >= 4 is 23.3 Å². The Morgan fingerprint density at radius 2 is 1.92 bits per heavy atom. The van der Waals surface area contributed by atoms with E-state index in [4.69, 9.17) is 11.6 Å². The molecule has 5 nitrogen and oxygen atoms in total. The van der Waals surface area contributed by atoms with Crippen LogP contribution in [-0.4, -0.2) is 35.5 Å². The van der Waals surface area contributed by atoms with Crippen LogP contribution in [0.3, 0.4) is 0 Å². The first-order chi connectivity index (χ1) is 12.1. The Labute approximate surface area is 154 Å². The molecule has 0 bridgehead atoms. The molecule has 6 heteroatoms. The summed E-state index contributed by atoms with van der Waals surface area (Å²) in [5.74, 6) is 0.609. The van der Waals surface area contributed by atoms with Crippen LogP contribution in [0.25, 0.3) is 0 Å². The molecular weight excluding hydrogens is 336 g/mol. The van der Waals surface area contributed by atoms with E-state index >= 15 is 0 Å². The van der Waals surface area contributed by atoms with Crippen LogP contribution in [0.1, 0.15) is 42.7 Å². The Hall–Kier alpha value is -2.14. The first-order valence-electron chi connectivity index (χ1n) is 8.73. The molecule has 2 rings (SSSR count). The lowest BCUT2D eigenvalue weighted by molar-refractivity contribution is 0.0949. The summed E-state index contributed by atoms with van der Waals surface area (Å²) < 4.78 is 0. The summed E-state index contributed by atoms with van der Waals surface area (Å²) in [5.41, 5.74) is 1.42. The fourth-order valence-corrected chi connectivity index (χ4v) is 2.80. The predicted molar refractivity (Wildman–Crippen MR) is 102 cm³/mol. The van der Waals surface area contributed by atoms with Gasteiger partial charge in [0.1, 0.15) is 11.5 Å². The highest BCUT2D eigenvalue weighted by Gasteiger charge is 2.10. The molecule has 2 aromatic rings. The van der Waals surface area contributed by atoms with Crippen molar-refractivity contribution in [3.8, 4) is 0 Å². The fraction of sp³-hybridized carbons (Fsp3) is 0.421. The summed E-state index contributed by atoms with van der Waals surface area (Å²) in [5, 5.41) is 3.57. The second-order valence-corrected chi connectivity index (χ2v) is 6.32. The molecule has 1 N–H and O–H groups in total. The van der Waals surface area contributed by atoms with Crippen molar-refractivity contribution in [3.05, 3.63) is 52.9 Å². The number of hydrogen-bond donors (Lipinski definition) is 1. The van der Waals surface area contributed by atoms with Gasteiger partial charge in [-0.3, -0.25) is 4.79 Å². The van der Waals surface area contributed by atoms with Crippen molar-refractivity contribution < 1.29 is 4.79 Å².